The van der Waals surface area contributed by atoms with Crippen molar-refractivity contribution in [2.24, 2.45) is 17.8 Å². The van der Waals surface area contributed by atoms with Crippen LogP contribution in [-0.2, 0) is 19.1 Å². The summed E-state index contributed by atoms with van der Waals surface area (Å²) in [7, 11) is 1.16. The number of methoxy groups -OCH3 is 1. The summed E-state index contributed by atoms with van der Waals surface area (Å²) in [5.41, 5.74) is 2.02. The SMILES string of the molecule is COC1C(C(F)(F)F)C(=O)[C@H](COc2ccc(C)c(C)c2)[C@H]1CC=COCCC(=O)O. The number of Topliss-reactive ketones (excluding diaryl/α,β-unsaturated/α-hetero) is 1. The van der Waals surface area contributed by atoms with Crippen LogP contribution >= 0.6 is 0 Å². The van der Waals surface area contributed by atoms with Crippen LogP contribution in [0, 0.1) is 31.6 Å². The van der Waals surface area contributed by atoms with Crippen LogP contribution in [-0.4, -0.2) is 49.5 Å². The fraction of sp³-hybridized carbons (Fsp3) is 0.545. The maximum absolute atomic E-state index is 13.6. The number of carbonyl (C=O) groups is 2. The second kappa shape index (κ2) is 10.7. The van der Waals surface area contributed by atoms with Gasteiger partial charge in [0.15, 0.2) is 5.78 Å². The molecule has 172 valence electrons. The lowest BCUT2D eigenvalue weighted by atomic mass is 9.91. The normalized spacial score (nSPS) is 24.0. The second-order valence-corrected chi connectivity index (χ2v) is 7.57. The predicted molar refractivity (Wildman–Crippen MR) is 106 cm³/mol. The van der Waals surface area contributed by atoms with E-state index in [1.165, 1.54) is 12.3 Å². The van der Waals surface area contributed by atoms with Crippen molar-refractivity contribution in [3.05, 3.63) is 41.7 Å². The van der Waals surface area contributed by atoms with E-state index in [1.807, 2.05) is 19.9 Å². The molecule has 0 spiro atoms. The van der Waals surface area contributed by atoms with Crippen molar-refractivity contribution >= 4 is 11.8 Å². The van der Waals surface area contributed by atoms with Gasteiger partial charge in [-0.3, -0.25) is 9.59 Å². The van der Waals surface area contributed by atoms with Gasteiger partial charge in [0.2, 0.25) is 0 Å². The Morgan fingerprint density at radius 2 is 1.94 bits per heavy atom. The number of aliphatic carboxylic acids is 1. The number of benzene rings is 1. The molecule has 0 bridgehead atoms. The Morgan fingerprint density at radius 3 is 2.52 bits per heavy atom. The van der Waals surface area contributed by atoms with E-state index in [9.17, 15) is 22.8 Å². The lowest BCUT2D eigenvalue weighted by Gasteiger charge is -2.24. The van der Waals surface area contributed by atoms with E-state index >= 15 is 0 Å². The number of rotatable bonds is 10. The Hall–Kier alpha value is -2.55. The van der Waals surface area contributed by atoms with E-state index in [4.69, 9.17) is 19.3 Å². The summed E-state index contributed by atoms with van der Waals surface area (Å²) in [4.78, 5) is 23.2. The molecule has 0 radical (unpaired) electrons. The summed E-state index contributed by atoms with van der Waals surface area (Å²) in [6.07, 6.45) is -3.46. The molecule has 0 heterocycles. The van der Waals surface area contributed by atoms with Crippen molar-refractivity contribution in [3.8, 4) is 5.75 Å². The van der Waals surface area contributed by atoms with Gasteiger partial charge in [-0.25, -0.2) is 0 Å². The first kappa shape index (κ1) is 24.7. The predicted octanol–water partition coefficient (Wildman–Crippen LogP) is 4.09. The molecule has 1 aromatic rings. The van der Waals surface area contributed by atoms with Crippen LogP contribution in [0.15, 0.2) is 30.5 Å². The van der Waals surface area contributed by atoms with Crippen LogP contribution < -0.4 is 4.74 Å². The van der Waals surface area contributed by atoms with Gasteiger partial charge in [-0.15, -0.1) is 0 Å². The molecule has 1 N–H and O–H groups in total. The summed E-state index contributed by atoms with van der Waals surface area (Å²) < 4.78 is 56.6. The Labute approximate surface area is 179 Å². The summed E-state index contributed by atoms with van der Waals surface area (Å²) in [5, 5.41) is 8.59. The monoisotopic (exact) mass is 444 g/mol. The third kappa shape index (κ3) is 6.46. The number of aryl methyl sites for hydroxylation is 2. The molecule has 1 aliphatic carbocycles. The van der Waals surface area contributed by atoms with Gasteiger partial charge in [0.05, 0.1) is 37.9 Å². The number of alkyl halides is 3. The number of ether oxygens (including phenoxy) is 3. The Bertz CT molecular complexity index is 805. The van der Waals surface area contributed by atoms with E-state index in [0.717, 1.165) is 18.2 Å². The van der Waals surface area contributed by atoms with Gasteiger partial charge >= 0.3 is 12.1 Å². The van der Waals surface area contributed by atoms with Crippen molar-refractivity contribution in [2.45, 2.75) is 39.0 Å². The fourth-order valence-corrected chi connectivity index (χ4v) is 3.73. The van der Waals surface area contributed by atoms with Gasteiger partial charge in [-0.1, -0.05) is 6.07 Å². The van der Waals surface area contributed by atoms with Crippen molar-refractivity contribution < 1.29 is 42.1 Å². The van der Waals surface area contributed by atoms with Gasteiger partial charge in [-0.05, 0) is 49.6 Å². The molecule has 0 aliphatic heterocycles. The topological polar surface area (TPSA) is 82.1 Å². The van der Waals surface area contributed by atoms with Crippen molar-refractivity contribution in [3.63, 3.8) is 0 Å². The molecule has 4 atom stereocenters. The van der Waals surface area contributed by atoms with Crippen molar-refractivity contribution in [1.29, 1.82) is 0 Å². The Morgan fingerprint density at radius 1 is 1.23 bits per heavy atom. The number of carbonyl (C=O) groups excluding carboxylic acids is 1. The lowest BCUT2D eigenvalue weighted by Crippen LogP contribution is -2.37. The molecule has 1 aromatic carbocycles. The molecule has 2 rings (SSSR count). The minimum absolute atomic E-state index is 0.0619. The summed E-state index contributed by atoms with van der Waals surface area (Å²) >= 11 is 0. The van der Waals surface area contributed by atoms with E-state index in [2.05, 4.69) is 0 Å². The Kier molecular flexibility index (Phi) is 8.50. The summed E-state index contributed by atoms with van der Waals surface area (Å²) in [6, 6.07) is 5.32. The van der Waals surface area contributed by atoms with Gasteiger partial charge in [-0.2, -0.15) is 13.2 Å². The smallest absolute Gasteiger partial charge is 0.401 e. The van der Waals surface area contributed by atoms with Gasteiger partial charge in [0.1, 0.15) is 11.7 Å². The van der Waals surface area contributed by atoms with Gasteiger partial charge in [0, 0.05) is 13.0 Å². The second-order valence-electron chi connectivity index (χ2n) is 7.57. The molecule has 1 saturated carbocycles. The molecule has 0 saturated heterocycles. The quantitative estimate of drug-likeness (QED) is 0.433. The molecule has 31 heavy (non-hydrogen) atoms. The third-order valence-corrected chi connectivity index (χ3v) is 5.51. The molecule has 1 aliphatic rings. The average molecular weight is 444 g/mol. The van der Waals surface area contributed by atoms with E-state index in [0.29, 0.717) is 5.75 Å². The molecule has 0 amide bonds. The molecule has 2 unspecified atom stereocenters. The van der Waals surface area contributed by atoms with E-state index in [-0.39, 0.29) is 26.1 Å². The molecule has 6 nitrogen and oxygen atoms in total. The van der Waals surface area contributed by atoms with Crippen LogP contribution in [0.2, 0.25) is 0 Å². The summed E-state index contributed by atoms with van der Waals surface area (Å²) in [5.74, 6) is -5.50. The first-order valence-corrected chi connectivity index (χ1v) is 9.88. The standard InChI is InChI=1S/C22H27F3O6/c1-13-6-7-15(11-14(13)2)31-12-17-16(5-4-9-30-10-8-18(26)27)21(29-3)19(20(17)28)22(23,24)25/h4,6-7,9,11,16-17,19,21H,5,8,10,12H2,1-3H3,(H,26,27)/t16-,17-,19?,21?/m1/s1. The van der Waals surface area contributed by atoms with Crippen molar-refractivity contribution in [1.82, 2.24) is 0 Å². The van der Waals surface area contributed by atoms with Crippen molar-refractivity contribution in [2.75, 3.05) is 20.3 Å². The van der Waals surface area contributed by atoms with Crippen LogP contribution in [0.4, 0.5) is 13.2 Å². The number of hydrogen-bond acceptors (Lipinski definition) is 5. The molecular weight excluding hydrogens is 417 g/mol. The zero-order valence-electron chi connectivity index (χ0n) is 17.6. The number of ketones is 1. The number of carboxylic acid groups (broad SMARTS) is 1. The number of carboxylic acids is 1. The van der Waals surface area contributed by atoms with Crippen LogP contribution in [0.1, 0.15) is 24.0 Å². The van der Waals surface area contributed by atoms with E-state index in [1.54, 1.807) is 12.1 Å². The molecule has 0 aromatic heterocycles. The largest absolute Gasteiger partial charge is 0.501 e. The number of halogens is 3. The maximum Gasteiger partial charge on any atom is 0.401 e. The van der Waals surface area contributed by atoms with Crippen LogP contribution in [0.3, 0.4) is 0 Å². The van der Waals surface area contributed by atoms with Crippen LogP contribution in [0.5, 0.6) is 5.75 Å². The zero-order valence-corrected chi connectivity index (χ0v) is 17.6. The van der Waals surface area contributed by atoms with E-state index < -0.39 is 41.8 Å². The number of hydrogen-bond donors (Lipinski definition) is 1. The maximum atomic E-state index is 13.6. The highest BCUT2D eigenvalue weighted by Crippen LogP contribution is 2.45. The molecular formula is C22H27F3O6. The minimum atomic E-state index is -4.73. The highest BCUT2D eigenvalue weighted by atomic mass is 19.4. The first-order chi connectivity index (χ1) is 14.6. The third-order valence-electron chi connectivity index (χ3n) is 5.51. The average Bonchev–Trinajstić information content (AvgIpc) is 2.96. The number of allylic oxidation sites excluding steroid dienone is 1. The highest BCUT2D eigenvalue weighted by molar-refractivity contribution is 5.88. The highest BCUT2D eigenvalue weighted by Gasteiger charge is 2.60. The molecule has 1 fully saturated rings. The first-order valence-electron chi connectivity index (χ1n) is 9.88. The van der Waals surface area contributed by atoms with Gasteiger partial charge in [0.25, 0.3) is 0 Å². The van der Waals surface area contributed by atoms with Gasteiger partial charge < -0.3 is 19.3 Å². The minimum Gasteiger partial charge on any atom is -0.501 e. The fourth-order valence-electron chi connectivity index (χ4n) is 3.73. The van der Waals surface area contributed by atoms with Crippen LogP contribution in [0.25, 0.3) is 0 Å². The zero-order chi connectivity index (χ0) is 23.2. The Balaban J connectivity index is 2.15. The lowest BCUT2D eigenvalue weighted by molar-refractivity contribution is -0.199. The summed E-state index contributed by atoms with van der Waals surface area (Å²) in [6.45, 7) is 3.55. The molecule has 9 heteroatoms.